The molecule has 0 saturated carbocycles. The molecule has 41 heavy (non-hydrogen) atoms. The van der Waals surface area contributed by atoms with Crippen LogP contribution in [0.15, 0.2) is 36.5 Å². The van der Waals surface area contributed by atoms with E-state index in [0.717, 1.165) is 78.4 Å². The Bertz CT molecular complexity index is 1660. The highest BCUT2D eigenvalue weighted by Gasteiger charge is 2.49. The molecule has 0 aliphatic carbocycles. The summed E-state index contributed by atoms with van der Waals surface area (Å²) in [6, 6.07) is 10.6. The number of hydrogen-bond donors (Lipinski definition) is 2. The van der Waals surface area contributed by atoms with Gasteiger partial charge in [0.05, 0.1) is 10.9 Å². The van der Waals surface area contributed by atoms with Crippen molar-refractivity contribution >= 4 is 27.6 Å². The number of fused-ring (bicyclic) bond motifs is 5. The highest BCUT2D eigenvalue weighted by atomic mass is 19.1. The Kier molecular flexibility index (Phi) is 5.79. The van der Waals surface area contributed by atoms with Gasteiger partial charge in [-0.15, -0.1) is 0 Å². The van der Waals surface area contributed by atoms with Crippen LogP contribution in [0.1, 0.15) is 37.7 Å². The summed E-state index contributed by atoms with van der Waals surface area (Å²) >= 11 is 0. The second-order valence-electron chi connectivity index (χ2n) is 12.3. The van der Waals surface area contributed by atoms with Gasteiger partial charge in [0.1, 0.15) is 24.3 Å². The summed E-state index contributed by atoms with van der Waals surface area (Å²) in [4.78, 5) is 24.0. The number of piperazine rings is 1. The van der Waals surface area contributed by atoms with E-state index >= 15 is 0 Å². The molecule has 0 amide bonds. The van der Waals surface area contributed by atoms with Gasteiger partial charge in [0.25, 0.3) is 0 Å². The summed E-state index contributed by atoms with van der Waals surface area (Å²) in [6.45, 7) is 5.49. The maximum absolute atomic E-state index is 14.4. The summed E-state index contributed by atoms with van der Waals surface area (Å²) in [7, 11) is 0. The van der Waals surface area contributed by atoms with Gasteiger partial charge in [-0.05, 0) is 67.6 Å². The number of nitrogens with zero attached hydrogens (tertiary/aromatic N) is 6. The summed E-state index contributed by atoms with van der Waals surface area (Å²) in [5, 5.41) is 16.9. The Labute approximate surface area is 237 Å². The van der Waals surface area contributed by atoms with E-state index in [1.807, 2.05) is 25.1 Å². The third-order valence-corrected chi connectivity index (χ3v) is 9.57. The molecule has 3 unspecified atom stereocenters. The highest BCUT2D eigenvalue weighted by molar-refractivity contribution is 5.99. The van der Waals surface area contributed by atoms with Crippen LogP contribution in [0.25, 0.3) is 33.2 Å². The van der Waals surface area contributed by atoms with E-state index in [9.17, 15) is 9.50 Å². The minimum atomic E-state index is -0.820. The number of aryl methyl sites for hydroxylation is 1. The van der Waals surface area contributed by atoms with Crippen molar-refractivity contribution in [2.45, 2.75) is 62.8 Å². The van der Waals surface area contributed by atoms with Gasteiger partial charge >= 0.3 is 6.01 Å². The zero-order chi connectivity index (χ0) is 27.7. The third kappa shape index (κ3) is 4.26. The number of aromatic hydroxyl groups is 1. The molecule has 4 saturated heterocycles. The Morgan fingerprint density at radius 1 is 1.12 bits per heavy atom. The maximum atomic E-state index is 14.4. The van der Waals surface area contributed by atoms with Gasteiger partial charge in [0, 0.05) is 49.9 Å². The fourth-order valence-corrected chi connectivity index (χ4v) is 7.71. The molecule has 2 aromatic heterocycles. The van der Waals surface area contributed by atoms with Crippen molar-refractivity contribution in [3.05, 3.63) is 42.1 Å². The van der Waals surface area contributed by atoms with E-state index < -0.39 is 6.17 Å². The van der Waals surface area contributed by atoms with Crippen LogP contribution >= 0.6 is 0 Å². The largest absolute Gasteiger partial charge is 0.508 e. The number of phenolic OH excluding ortho intramolecular Hbond substituents is 1. The number of anilines is 1. The number of hydrogen-bond acceptors (Lipinski definition) is 9. The number of benzene rings is 2. The number of aromatic nitrogens is 4. The first-order valence-electron chi connectivity index (χ1n) is 14.7. The minimum Gasteiger partial charge on any atom is -0.508 e. The van der Waals surface area contributed by atoms with Gasteiger partial charge in [0.15, 0.2) is 11.5 Å². The van der Waals surface area contributed by atoms with E-state index in [4.69, 9.17) is 24.7 Å². The Hall–Kier alpha value is -3.63. The predicted molar refractivity (Wildman–Crippen MR) is 155 cm³/mol. The average Bonchev–Trinajstić information content (AvgIpc) is 3.61. The van der Waals surface area contributed by atoms with Crippen molar-refractivity contribution in [2.24, 2.45) is 0 Å². The third-order valence-electron chi connectivity index (χ3n) is 9.57. The fourth-order valence-electron chi connectivity index (χ4n) is 7.71. The van der Waals surface area contributed by atoms with Crippen LogP contribution < -0.4 is 15.0 Å². The molecule has 2 bridgehead atoms. The van der Waals surface area contributed by atoms with Gasteiger partial charge in [-0.2, -0.15) is 9.97 Å². The quantitative estimate of drug-likeness (QED) is 0.376. The lowest BCUT2D eigenvalue weighted by Crippen LogP contribution is -2.51. The number of alkyl halides is 1. The van der Waals surface area contributed by atoms with E-state index in [0.29, 0.717) is 43.1 Å². The second kappa shape index (κ2) is 9.46. The first-order valence-corrected chi connectivity index (χ1v) is 14.7. The molecular weight excluding hydrogens is 521 g/mol. The fraction of sp³-hybridized carbons (Fsp3) is 0.484. The first-order chi connectivity index (χ1) is 19.9. The average molecular weight is 556 g/mol. The molecule has 0 spiro atoms. The van der Waals surface area contributed by atoms with Crippen LogP contribution in [0, 0.1) is 6.92 Å². The van der Waals surface area contributed by atoms with E-state index in [-0.39, 0.29) is 17.3 Å². The van der Waals surface area contributed by atoms with Crippen molar-refractivity contribution in [2.75, 3.05) is 37.7 Å². The molecular formula is C31H34FN7O2. The number of phenols is 1. The molecule has 8 rings (SSSR count). The lowest BCUT2D eigenvalue weighted by atomic mass is 9.95. The van der Waals surface area contributed by atoms with Crippen LogP contribution in [-0.4, -0.2) is 86.5 Å². The molecule has 2 aromatic carbocycles. The maximum Gasteiger partial charge on any atom is 0.320 e. The smallest absolute Gasteiger partial charge is 0.320 e. The standard InChI is InChI=1S/C31H34FN7O2/c1-18-4-2-5-19-10-23(40)11-24(26(18)19)27-33-13-25-28(35-27)36-30(37-29(25)38-15-21-6-7-22(16-38)34-21)41-17-31-8-3-9-39(31)14-20(32)12-31/h2,4-5,10-11,13,20-22,34,40H,3,6-9,12,14-17H2,1H3/t20-,21?,22?,31?/m1/s1. The number of halogens is 1. The Morgan fingerprint density at radius 3 is 2.83 bits per heavy atom. The van der Waals surface area contributed by atoms with Crippen LogP contribution in [0.2, 0.25) is 0 Å². The summed E-state index contributed by atoms with van der Waals surface area (Å²) in [6.07, 6.45) is 5.76. The number of rotatable bonds is 5. The summed E-state index contributed by atoms with van der Waals surface area (Å²) in [5.41, 5.74) is 2.04. The van der Waals surface area contributed by atoms with Gasteiger partial charge in [0.2, 0.25) is 0 Å². The van der Waals surface area contributed by atoms with Gasteiger partial charge < -0.3 is 20.1 Å². The minimum absolute atomic E-state index is 0.161. The van der Waals surface area contributed by atoms with Crippen molar-refractivity contribution in [3.63, 3.8) is 0 Å². The van der Waals surface area contributed by atoms with E-state index in [2.05, 4.69) is 15.1 Å². The topological polar surface area (TPSA) is 99.5 Å². The van der Waals surface area contributed by atoms with Crippen LogP contribution in [0.5, 0.6) is 11.8 Å². The zero-order valence-corrected chi connectivity index (χ0v) is 23.2. The monoisotopic (exact) mass is 555 g/mol. The Morgan fingerprint density at radius 2 is 1.98 bits per heavy atom. The van der Waals surface area contributed by atoms with Crippen molar-refractivity contribution < 1.29 is 14.2 Å². The predicted octanol–water partition coefficient (Wildman–Crippen LogP) is 4.15. The molecule has 10 heteroatoms. The molecule has 212 valence electrons. The van der Waals surface area contributed by atoms with Crippen molar-refractivity contribution in [1.29, 1.82) is 0 Å². The lowest BCUT2D eigenvalue weighted by molar-refractivity contribution is 0.107. The second-order valence-corrected chi connectivity index (χ2v) is 12.3. The Balaban J connectivity index is 1.23. The summed E-state index contributed by atoms with van der Waals surface area (Å²) < 4.78 is 20.7. The molecule has 2 N–H and O–H groups in total. The normalized spacial score (nSPS) is 27.7. The van der Waals surface area contributed by atoms with Crippen LogP contribution in [-0.2, 0) is 0 Å². The van der Waals surface area contributed by atoms with Gasteiger partial charge in [-0.3, -0.25) is 4.90 Å². The van der Waals surface area contributed by atoms with Crippen molar-refractivity contribution in [3.8, 4) is 23.1 Å². The lowest BCUT2D eigenvalue weighted by Gasteiger charge is -2.34. The number of ether oxygens (including phenoxy) is 1. The molecule has 4 aromatic rings. The molecule has 9 nitrogen and oxygen atoms in total. The van der Waals surface area contributed by atoms with E-state index in [1.54, 1.807) is 18.3 Å². The van der Waals surface area contributed by atoms with Gasteiger partial charge in [-0.25, -0.2) is 14.4 Å². The molecule has 4 atom stereocenters. The van der Waals surface area contributed by atoms with Crippen LogP contribution in [0.3, 0.4) is 0 Å². The summed E-state index contributed by atoms with van der Waals surface area (Å²) in [5.74, 6) is 1.43. The molecule has 0 radical (unpaired) electrons. The molecule has 4 aliphatic heterocycles. The molecule has 4 aliphatic rings. The molecule has 6 heterocycles. The zero-order valence-electron chi connectivity index (χ0n) is 23.2. The number of nitrogens with one attached hydrogen (secondary N) is 1. The van der Waals surface area contributed by atoms with E-state index in [1.165, 1.54) is 0 Å². The SMILES string of the molecule is Cc1cccc2cc(O)cc(-c3ncc4c(N5CC6CCC(C5)N6)nc(OCC56CCCN5C[C@H](F)C6)nc4n3)c12. The first kappa shape index (κ1) is 25.1. The van der Waals surface area contributed by atoms with Crippen LogP contribution in [0.4, 0.5) is 10.2 Å². The highest BCUT2D eigenvalue weighted by Crippen LogP contribution is 2.41. The van der Waals surface area contributed by atoms with Gasteiger partial charge in [-0.1, -0.05) is 18.2 Å². The molecule has 4 fully saturated rings. The van der Waals surface area contributed by atoms with Crippen molar-refractivity contribution in [1.82, 2.24) is 30.2 Å².